The molecule has 41 heavy (non-hydrogen) atoms. The van der Waals surface area contributed by atoms with Crippen LogP contribution in [0.25, 0.3) is 10.9 Å². The van der Waals surface area contributed by atoms with Crippen LogP contribution in [-0.4, -0.2) is 78.6 Å². The maximum Gasteiger partial charge on any atom is 0.341 e. The van der Waals surface area contributed by atoms with E-state index >= 15 is 4.39 Å². The van der Waals surface area contributed by atoms with Crippen molar-refractivity contribution in [2.75, 3.05) is 36.8 Å². The number of thioether (sulfide) groups is 1. The SMILES string of the molecule is O=C(O)c1cn(C2CC2)c2cc(N3CCN(C(=O)CCSc4nnnn4Cc4ccccc4)CC3)c(F)cc2c1=O. The van der Waals surface area contributed by atoms with Crippen molar-refractivity contribution in [2.24, 2.45) is 0 Å². The van der Waals surface area contributed by atoms with Crippen molar-refractivity contribution in [3.05, 3.63) is 75.8 Å². The zero-order valence-electron chi connectivity index (χ0n) is 22.1. The average Bonchev–Trinajstić information content (AvgIpc) is 3.73. The molecule has 0 atom stereocenters. The minimum Gasteiger partial charge on any atom is -0.477 e. The summed E-state index contributed by atoms with van der Waals surface area (Å²) >= 11 is 1.43. The molecule has 0 radical (unpaired) electrons. The van der Waals surface area contributed by atoms with Crippen LogP contribution in [0.1, 0.15) is 41.2 Å². The summed E-state index contributed by atoms with van der Waals surface area (Å²) in [5.41, 5.74) is 0.928. The number of amides is 1. The molecule has 0 unspecified atom stereocenters. The molecule has 0 bridgehead atoms. The standard InChI is InChI=1S/C28H28FN7O4S/c29-22-14-20-23(35(19-6-7-19)17-21(26(20)38)27(39)40)15-24(22)33-9-11-34(12-10-33)25(37)8-13-41-28-30-31-32-36(28)16-18-4-2-1-3-5-18/h1-5,14-15,17,19H,6-13,16H2,(H,39,40). The molecule has 11 nitrogen and oxygen atoms in total. The Kier molecular flexibility index (Phi) is 7.43. The van der Waals surface area contributed by atoms with E-state index in [9.17, 15) is 19.5 Å². The van der Waals surface area contributed by atoms with Crippen molar-refractivity contribution in [1.82, 2.24) is 29.7 Å². The molecule has 1 amide bonds. The van der Waals surface area contributed by atoms with Crippen LogP contribution >= 0.6 is 11.8 Å². The highest BCUT2D eigenvalue weighted by molar-refractivity contribution is 7.99. The van der Waals surface area contributed by atoms with E-state index in [2.05, 4.69) is 15.5 Å². The van der Waals surface area contributed by atoms with Crippen molar-refractivity contribution in [3.8, 4) is 0 Å². The molecule has 1 aliphatic heterocycles. The molecule has 13 heteroatoms. The van der Waals surface area contributed by atoms with E-state index in [4.69, 9.17) is 0 Å². The minimum atomic E-state index is -1.32. The van der Waals surface area contributed by atoms with Crippen LogP contribution in [0, 0.1) is 5.82 Å². The van der Waals surface area contributed by atoms with Crippen LogP contribution in [0.2, 0.25) is 0 Å². The summed E-state index contributed by atoms with van der Waals surface area (Å²) in [6.07, 6.45) is 3.46. The fourth-order valence-corrected chi connectivity index (χ4v) is 5.95. The first-order valence-corrected chi connectivity index (χ1v) is 14.4. The van der Waals surface area contributed by atoms with E-state index in [1.54, 1.807) is 20.2 Å². The summed E-state index contributed by atoms with van der Waals surface area (Å²) in [6, 6.07) is 12.8. The molecule has 2 aromatic heterocycles. The lowest BCUT2D eigenvalue weighted by Crippen LogP contribution is -2.49. The predicted molar refractivity (Wildman–Crippen MR) is 151 cm³/mol. The van der Waals surface area contributed by atoms with Gasteiger partial charge in [0.15, 0.2) is 0 Å². The molecular formula is C28H28FN7O4S. The van der Waals surface area contributed by atoms with Gasteiger partial charge in [0.25, 0.3) is 0 Å². The summed E-state index contributed by atoms with van der Waals surface area (Å²) in [7, 11) is 0. The highest BCUT2D eigenvalue weighted by Crippen LogP contribution is 2.38. The number of nitrogens with zero attached hydrogens (tertiary/aromatic N) is 7. The van der Waals surface area contributed by atoms with Crippen LogP contribution in [-0.2, 0) is 11.3 Å². The lowest BCUT2D eigenvalue weighted by molar-refractivity contribution is -0.131. The number of carbonyl (C=O) groups excluding carboxylic acids is 1. The minimum absolute atomic E-state index is 0.0157. The van der Waals surface area contributed by atoms with Crippen LogP contribution in [0.3, 0.4) is 0 Å². The Balaban J connectivity index is 1.08. The van der Waals surface area contributed by atoms with Gasteiger partial charge in [-0.2, -0.15) is 0 Å². The van der Waals surface area contributed by atoms with Crippen LogP contribution in [0.5, 0.6) is 0 Å². The first kappa shape index (κ1) is 26.9. The van der Waals surface area contributed by atoms with Crippen LogP contribution < -0.4 is 10.3 Å². The molecule has 1 saturated heterocycles. The third-order valence-corrected chi connectivity index (χ3v) is 8.42. The van der Waals surface area contributed by atoms with E-state index in [0.29, 0.717) is 61.3 Å². The highest BCUT2D eigenvalue weighted by Gasteiger charge is 2.29. The van der Waals surface area contributed by atoms with Gasteiger partial charge in [0, 0.05) is 56.0 Å². The fraction of sp³-hybridized carbons (Fsp3) is 0.357. The van der Waals surface area contributed by atoms with Crippen molar-refractivity contribution < 1.29 is 19.1 Å². The largest absolute Gasteiger partial charge is 0.477 e. The van der Waals surface area contributed by atoms with Gasteiger partial charge in [-0.3, -0.25) is 9.59 Å². The van der Waals surface area contributed by atoms with E-state index in [0.717, 1.165) is 24.5 Å². The molecule has 1 saturated carbocycles. The molecular weight excluding hydrogens is 549 g/mol. The Morgan fingerprint density at radius 2 is 1.83 bits per heavy atom. The second kappa shape index (κ2) is 11.3. The van der Waals surface area contributed by atoms with E-state index in [1.807, 2.05) is 35.2 Å². The smallest absolute Gasteiger partial charge is 0.341 e. The molecule has 212 valence electrons. The Morgan fingerprint density at radius 3 is 2.54 bits per heavy atom. The van der Waals surface area contributed by atoms with Gasteiger partial charge in [-0.05, 0) is 41.0 Å². The molecule has 2 fully saturated rings. The third-order valence-electron chi connectivity index (χ3n) is 7.47. The maximum atomic E-state index is 15.3. The van der Waals surface area contributed by atoms with E-state index in [-0.39, 0.29) is 22.9 Å². The predicted octanol–water partition coefficient (Wildman–Crippen LogP) is 3.04. The number of carboxylic acid groups (broad SMARTS) is 1. The monoisotopic (exact) mass is 577 g/mol. The molecule has 0 spiro atoms. The van der Waals surface area contributed by atoms with Gasteiger partial charge >= 0.3 is 5.97 Å². The summed E-state index contributed by atoms with van der Waals surface area (Å²) < 4.78 is 18.8. The summed E-state index contributed by atoms with van der Waals surface area (Å²) in [5, 5.41) is 22.1. The van der Waals surface area contributed by atoms with E-state index < -0.39 is 17.2 Å². The number of hydrogen-bond acceptors (Lipinski definition) is 8. The van der Waals surface area contributed by atoms with Crippen LogP contribution in [0.15, 0.2) is 58.6 Å². The zero-order chi connectivity index (χ0) is 28.5. The first-order chi connectivity index (χ1) is 19.9. The van der Waals surface area contributed by atoms with Crippen molar-refractivity contribution in [2.45, 2.75) is 37.0 Å². The molecule has 2 aliphatic rings. The van der Waals surface area contributed by atoms with E-state index in [1.165, 1.54) is 18.0 Å². The number of piperazine rings is 1. The third kappa shape index (κ3) is 5.67. The normalized spacial score (nSPS) is 15.4. The number of pyridine rings is 1. The maximum absolute atomic E-state index is 15.3. The summed E-state index contributed by atoms with van der Waals surface area (Å²) in [4.78, 5) is 40.9. The topological polar surface area (TPSA) is 126 Å². The van der Waals surface area contributed by atoms with Gasteiger partial charge in [0.05, 0.1) is 17.7 Å². The number of fused-ring (bicyclic) bond motifs is 1. The number of carbonyl (C=O) groups is 2. The molecule has 4 aromatic rings. The molecule has 3 heterocycles. The molecule has 2 aromatic carbocycles. The Labute approximate surface area is 238 Å². The number of rotatable bonds is 9. The Morgan fingerprint density at radius 1 is 1.07 bits per heavy atom. The number of tetrazole rings is 1. The molecule has 6 rings (SSSR count). The fourth-order valence-electron chi connectivity index (χ4n) is 5.15. The number of benzene rings is 2. The van der Waals surface area contributed by atoms with Gasteiger partial charge in [-0.1, -0.05) is 42.1 Å². The summed E-state index contributed by atoms with van der Waals surface area (Å²) in [5.74, 6) is -1.35. The second-order valence-electron chi connectivity index (χ2n) is 10.2. The van der Waals surface area contributed by atoms with Gasteiger partial charge in [-0.25, -0.2) is 13.9 Å². The van der Waals surface area contributed by atoms with Gasteiger partial charge in [0.1, 0.15) is 11.4 Å². The number of carboxylic acids is 1. The van der Waals surface area contributed by atoms with Crippen molar-refractivity contribution in [3.63, 3.8) is 0 Å². The zero-order valence-corrected chi connectivity index (χ0v) is 23.0. The average molecular weight is 578 g/mol. The highest BCUT2D eigenvalue weighted by atomic mass is 32.2. The number of anilines is 1. The number of aromatic carboxylic acids is 1. The second-order valence-corrected chi connectivity index (χ2v) is 11.3. The Bertz CT molecular complexity index is 1660. The van der Waals surface area contributed by atoms with Crippen molar-refractivity contribution in [1.29, 1.82) is 0 Å². The molecule has 1 N–H and O–H groups in total. The first-order valence-electron chi connectivity index (χ1n) is 13.5. The number of aromatic nitrogens is 5. The number of halogens is 1. The summed E-state index contributed by atoms with van der Waals surface area (Å²) in [6.45, 7) is 2.32. The Hall–Kier alpha value is -4.26. The number of hydrogen-bond donors (Lipinski definition) is 1. The van der Waals surface area contributed by atoms with Gasteiger partial charge in [0.2, 0.25) is 16.5 Å². The van der Waals surface area contributed by atoms with Crippen LogP contribution in [0.4, 0.5) is 10.1 Å². The van der Waals surface area contributed by atoms with Crippen molar-refractivity contribution >= 4 is 40.2 Å². The molecule has 1 aliphatic carbocycles. The van der Waals surface area contributed by atoms with Gasteiger partial charge in [-0.15, -0.1) is 5.10 Å². The van der Waals surface area contributed by atoms with Gasteiger partial charge < -0.3 is 19.5 Å². The quantitative estimate of drug-likeness (QED) is 0.299. The lowest BCUT2D eigenvalue weighted by Gasteiger charge is -2.36. The lowest BCUT2D eigenvalue weighted by atomic mass is 10.1.